The topological polar surface area (TPSA) is 52.6 Å². The van der Waals surface area contributed by atoms with E-state index in [1.54, 1.807) is 13.0 Å². The molecule has 0 aromatic rings. The molecule has 4 heteroatoms. The number of carbonyl (C=O) groups excluding carboxylic acids is 2. The molecule has 0 saturated heterocycles. The number of hydrogen-bond donors (Lipinski definition) is 0. The van der Waals surface area contributed by atoms with Gasteiger partial charge in [-0.3, -0.25) is 4.79 Å². The molecular weight excluding hydrogens is 304 g/mol. The average Bonchev–Trinajstić information content (AvgIpc) is 2.57. The molecule has 0 aromatic heterocycles. The lowest BCUT2D eigenvalue weighted by Gasteiger charge is -2.31. The van der Waals surface area contributed by atoms with E-state index in [4.69, 9.17) is 9.47 Å². The fraction of sp³-hybridized carbons (Fsp3) is 0.800. The van der Waals surface area contributed by atoms with Crippen molar-refractivity contribution in [3.63, 3.8) is 0 Å². The molecule has 4 nitrogen and oxygen atoms in total. The molecule has 0 amide bonds. The van der Waals surface area contributed by atoms with Crippen molar-refractivity contribution in [1.29, 1.82) is 0 Å². The highest BCUT2D eigenvalue weighted by atomic mass is 16.5. The van der Waals surface area contributed by atoms with Crippen molar-refractivity contribution in [2.75, 3.05) is 0 Å². The highest BCUT2D eigenvalue weighted by molar-refractivity contribution is 5.82. The van der Waals surface area contributed by atoms with E-state index in [9.17, 15) is 9.59 Å². The lowest BCUT2D eigenvalue weighted by molar-refractivity contribution is -0.158. The van der Waals surface area contributed by atoms with Crippen LogP contribution in [-0.4, -0.2) is 24.1 Å². The summed E-state index contributed by atoms with van der Waals surface area (Å²) in [4.78, 5) is 23.8. The van der Waals surface area contributed by atoms with Crippen molar-refractivity contribution in [3.05, 3.63) is 12.2 Å². The van der Waals surface area contributed by atoms with Crippen molar-refractivity contribution < 1.29 is 19.1 Å². The largest absolute Gasteiger partial charge is 0.462 e. The van der Waals surface area contributed by atoms with Crippen LogP contribution in [0.15, 0.2) is 12.2 Å². The Balaban J connectivity index is 1.67. The van der Waals surface area contributed by atoms with Crippen LogP contribution in [0.5, 0.6) is 0 Å². The monoisotopic (exact) mass is 336 g/mol. The zero-order valence-corrected chi connectivity index (χ0v) is 15.2. The quantitative estimate of drug-likeness (QED) is 0.527. The summed E-state index contributed by atoms with van der Waals surface area (Å²) in [7, 11) is 0. The smallest absolute Gasteiger partial charge is 0.330 e. The van der Waals surface area contributed by atoms with E-state index in [1.807, 2.05) is 0 Å². The van der Waals surface area contributed by atoms with Gasteiger partial charge in [0.25, 0.3) is 0 Å². The number of ether oxygens (including phenoxy) is 2. The Morgan fingerprint density at radius 3 is 2.08 bits per heavy atom. The van der Waals surface area contributed by atoms with E-state index in [0.717, 1.165) is 44.4 Å². The van der Waals surface area contributed by atoms with Crippen LogP contribution in [0.1, 0.15) is 78.1 Å². The number of allylic oxidation sites excluding steroid dienone is 1. The van der Waals surface area contributed by atoms with Crippen molar-refractivity contribution in [2.45, 2.75) is 90.3 Å². The summed E-state index contributed by atoms with van der Waals surface area (Å²) in [6, 6.07) is 0. The van der Waals surface area contributed by atoms with Crippen LogP contribution in [0.2, 0.25) is 0 Å². The van der Waals surface area contributed by atoms with Crippen LogP contribution in [0.4, 0.5) is 0 Å². The van der Waals surface area contributed by atoms with Gasteiger partial charge in [-0.15, -0.1) is 0 Å². The normalized spacial score (nSPS) is 30.9. The molecule has 2 aliphatic rings. The van der Waals surface area contributed by atoms with Gasteiger partial charge in [-0.25, -0.2) is 4.79 Å². The van der Waals surface area contributed by atoms with Crippen LogP contribution < -0.4 is 0 Å². The molecule has 2 fully saturated rings. The van der Waals surface area contributed by atoms with E-state index >= 15 is 0 Å². The molecule has 0 radical (unpaired) electrons. The number of esters is 2. The fourth-order valence-electron chi connectivity index (χ4n) is 3.96. The van der Waals surface area contributed by atoms with E-state index in [2.05, 4.69) is 6.92 Å². The highest BCUT2D eigenvalue weighted by Crippen LogP contribution is 2.32. The minimum Gasteiger partial charge on any atom is -0.462 e. The summed E-state index contributed by atoms with van der Waals surface area (Å²) in [5.74, 6) is 0.488. The molecule has 24 heavy (non-hydrogen) atoms. The Bertz CT molecular complexity index is 427. The second kappa shape index (κ2) is 9.85. The molecule has 0 aromatic carbocycles. The van der Waals surface area contributed by atoms with Gasteiger partial charge in [-0.2, -0.15) is 0 Å². The Morgan fingerprint density at radius 2 is 1.50 bits per heavy atom. The fourth-order valence-corrected chi connectivity index (χ4v) is 3.96. The molecule has 2 saturated carbocycles. The number of carbonyl (C=O) groups is 2. The summed E-state index contributed by atoms with van der Waals surface area (Å²) < 4.78 is 11.1. The first-order valence-electron chi connectivity index (χ1n) is 9.66. The summed E-state index contributed by atoms with van der Waals surface area (Å²) in [5, 5.41) is 0. The van der Waals surface area contributed by atoms with Crippen molar-refractivity contribution in [3.8, 4) is 0 Å². The molecular formula is C20H32O4. The maximum Gasteiger partial charge on any atom is 0.330 e. The van der Waals surface area contributed by atoms with Gasteiger partial charge in [0.15, 0.2) is 0 Å². The molecule has 0 atom stereocenters. The lowest BCUT2D eigenvalue weighted by atomic mass is 9.84. The molecule has 136 valence electrons. The third-order valence-electron chi connectivity index (χ3n) is 5.37. The lowest BCUT2D eigenvalue weighted by Crippen LogP contribution is -2.32. The van der Waals surface area contributed by atoms with Gasteiger partial charge in [-0.05, 0) is 64.2 Å². The Kier molecular flexibility index (Phi) is 7.80. The third kappa shape index (κ3) is 5.95. The van der Waals surface area contributed by atoms with E-state index in [-0.39, 0.29) is 30.1 Å². The second-order valence-electron chi connectivity index (χ2n) is 7.28. The SMILES string of the molecule is CC=CC(=O)OC1CCC(C(=O)OC2CCC(CCC)CC2)CC1. The maximum absolute atomic E-state index is 12.4. The van der Waals surface area contributed by atoms with Gasteiger partial charge < -0.3 is 9.47 Å². The molecule has 0 N–H and O–H groups in total. The van der Waals surface area contributed by atoms with Crippen molar-refractivity contribution in [1.82, 2.24) is 0 Å². The predicted octanol–water partition coefficient (Wildman–Crippen LogP) is 4.57. The highest BCUT2D eigenvalue weighted by Gasteiger charge is 2.31. The molecule has 0 spiro atoms. The summed E-state index contributed by atoms with van der Waals surface area (Å²) in [6.07, 6.45) is 13.2. The van der Waals surface area contributed by atoms with Crippen LogP contribution in [-0.2, 0) is 19.1 Å². The Hall–Kier alpha value is -1.32. The van der Waals surface area contributed by atoms with Crippen LogP contribution in [0, 0.1) is 11.8 Å². The average molecular weight is 336 g/mol. The first-order chi connectivity index (χ1) is 11.6. The molecule has 2 rings (SSSR count). The summed E-state index contributed by atoms with van der Waals surface area (Å²) >= 11 is 0. The van der Waals surface area contributed by atoms with Gasteiger partial charge in [0.2, 0.25) is 0 Å². The van der Waals surface area contributed by atoms with E-state index < -0.39 is 0 Å². The molecule has 0 bridgehead atoms. The van der Waals surface area contributed by atoms with E-state index in [1.165, 1.54) is 31.8 Å². The minimum atomic E-state index is -0.285. The van der Waals surface area contributed by atoms with Gasteiger partial charge in [0.05, 0.1) is 5.92 Å². The molecule has 2 aliphatic carbocycles. The number of hydrogen-bond acceptors (Lipinski definition) is 4. The first-order valence-corrected chi connectivity index (χ1v) is 9.66. The Morgan fingerprint density at radius 1 is 0.917 bits per heavy atom. The van der Waals surface area contributed by atoms with E-state index in [0.29, 0.717) is 0 Å². The maximum atomic E-state index is 12.4. The molecule has 0 heterocycles. The van der Waals surface area contributed by atoms with Crippen LogP contribution in [0.25, 0.3) is 0 Å². The van der Waals surface area contributed by atoms with Crippen molar-refractivity contribution in [2.24, 2.45) is 11.8 Å². The predicted molar refractivity (Wildman–Crippen MR) is 93.4 cm³/mol. The summed E-state index contributed by atoms with van der Waals surface area (Å²) in [5.41, 5.74) is 0. The Labute approximate surface area is 146 Å². The van der Waals surface area contributed by atoms with Gasteiger partial charge >= 0.3 is 11.9 Å². The first kappa shape index (κ1) is 19.0. The zero-order valence-electron chi connectivity index (χ0n) is 15.2. The second-order valence-corrected chi connectivity index (χ2v) is 7.28. The zero-order chi connectivity index (χ0) is 17.4. The summed E-state index contributed by atoms with van der Waals surface area (Å²) in [6.45, 7) is 4.03. The van der Waals surface area contributed by atoms with Gasteiger partial charge in [0.1, 0.15) is 12.2 Å². The molecule has 0 aliphatic heterocycles. The van der Waals surface area contributed by atoms with Crippen molar-refractivity contribution >= 4 is 11.9 Å². The number of rotatable bonds is 6. The van der Waals surface area contributed by atoms with Gasteiger partial charge in [0, 0.05) is 6.08 Å². The third-order valence-corrected chi connectivity index (χ3v) is 5.37. The molecule has 0 unspecified atom stereocenters. The van der Waals surface area contributed by atoms with Gasteiger partial charge in [-0.1, -0.05) is 25.8 Å². The van der Waals surface area contributed by atoms with Crippen LogP contribution in [0.3, 0.4) is 0 Å². The van der Waals surface area contributed by atoms with Crippen LogP contribution >= 0.6 is 0 Å². The standard InChI is InChI=1S/C20H32O4/c1-3-5-15-7-11-18(12-8-15)24-20(22)16-9-13-17(14-10-16)23-19(21)6-4-2/h4,6,15-18H,3,5,7-14H2,1-2H3. The minimum absolute atomic E-state index is 0.0185.